The van der Waals surface area contributed by atoms with Gasteiger partial charge in [0.25, 0.3) is 0 Å². The number of pyridine rings is 1. The van der Waals surface area contributed by atoms with Crippen LogP contribution in [0.25, 0.3) is 10.9 Å². The van der Waals surface area contributed by atoms with Gasteiger partial charge in [-0.25, -0.2) is 9.99 Å². The van der Waals surface area contributed by atoms with E-state index in [0.717, 1.165) is 38.9 Å². The van der Waals surface area contributed by atoms with Crippen molar-refractivity contribution < 1.29 is 14.7 Å². The first-order chi connectivity index (χ1) is 15.3. The van der Waals surface area contributed by atoms with E-state index in [1.54, 1.807) is 0 Å². The summed E-state index contributed by atoms with van der Waals surface area (Å²) < 4.78 is 0. The Morgan fingerprint density at radius 1 is 1.06 bits per heavy atom. The highest BCUT2D eigenvalue weighted by atomic mass is 35.5. The lowest BCUT2D eigenvalue weighted by atomic mass is 9.97. The molecule has 3 aromatic rings. The van der Waals surface area contributed by atoms with Crippen molar-refractivity contribution in [2.75, 3.05) is 0 Å². The van der Waals surface area contributed by atoms with Crippen LogP contribution in [0.5, 0.6) is 0 Å². The van der Waals surface area contributed by atoms with Gasteiger partial charge in [-0.1, -0.05) is 53.1 Å². The van der Waals surface area contributed by atoms with Crippen LogP contribution in [0.1, 0.15) is 54.0 Å². The number of fused-ring (bicyclic) bond motifs is 1. The van der Waals surface area contributed by atoms with Gasteiger partial charge >= 0.3 is 5.97 Å². The molecule has 0 bridgehead atoms. The number of halogens is 1. The van der Waals surface area contributed by atoms with Crippen molar-refractivity contribution in [3.05, 3.63) is 75.9 Å². The molecular weight excluding hydrogens is 426 g/mol. The van der Waals surface area contributed by atoms with E-state index < -0.39 is 12.0 Å². The molecule has 1 N–H and O–H groups in total. The van der Waals surface area contributed by atoms with Gasteiger partial charge < -0.3 is 5.11 Å². The summed E-state index contributed by atoms with van der Waals surface area (Å²) in [7, 11) is 0. The molecule has 0 saturated heterocycles. The number of hydrazone groups is 1. The average Bonchev–Trinajstić information content (AvgIpc) is 3.19. The number of aromatic nitrogens is 1. The lowest BCUT2D eigenvalue weighted by Gasteiger charge is -2.23. The zero-order chi connectivity index (χ0) is 22.8. The SMILES string of the molecule is Cc1ccc(C2=NN(C(=O)CCCC(=O)O)[C@H](c3cc4cc(C)ccc4nc3Cl)C2)cc1. The van der Waals surface area contributed by atoms with E-state index >= 15 is 0 Å². The van der Waals surface area contributed by atoms with E-state index in [1.807, 2.05) is 62.4 Å². The molecule has 6 nitrogen and oxygen atoms in total. The van der Waals surface area contributed by atoms with E-state index in [4.69, 9.17) is 16.7 Å². The predicted octanol–water partition coefficient (Wildman–Crippen LogP) is 5.44. The summed E-state index contributed by atoms with van der Waals surface area (Å²) in [6.45, 7) is 4.03. The summed E-state index contributed by atoms with van der Waals surface area (Å²) in [6, 6.07) is 15.5. The van der Waals surface area contributed by atoms with E-state index in [0.29, 0.717) is 11.6 Å². The maximum Gasteiger partial charge on any atom is 0.303 e. The fourth-order valence-electron chi connectivity index (χ4n) is 3.93. The van der Waals surface area contributed by atoms with Gasteiger partial charge in [0.2, 0.25) is 5.91 Å². The van der Waals surface area contributed by atoms with Gasteiger partial charge in [-0.15, -0.1) is 0 Å². The van der Waals surface area contributed by atoms with Gasteiger partial charge in [0, 0.05) is 30.2 Å². The Balaban J connectivity index is 1.71. The largest absolute Gasteiger partial charge is 0.481 e. The second-order valence-electron chi connectivity index (χ2n) is 8.18. The molecule has 0 saturated carbocycles. The molecule has 0 radical (unpaired) electrons. The first-order valence-corrected chi connectivity index (χ1v) is 10.9. The molecule has 2 aromatic carbocycles. The summed E-state index contributed by atoms with van der Waals surface area (Å²) in [5, 5.41) is 16.3. The zero-order valence-electron chi connectivity index (χ0n) is 18.0. The van der Waals surface area contributed by atoms with Crippen molar-refractivity contribution >= 4 is 40.1 Å². The van der Waals surface area contributed by atoms with E-state index in [-0.39, 0.29) is 25.2 Å². The van der Waals surface area contributed by atoms with Crippen molar-refractivity contribution in [2.24, 2.45) is 5.10 Å². The summed E-state index contributed by atoms with van der Waals surface area (Å²) in [5.41, 5.74) is 5.52. The van der Waals surface area contributed by atoms with Crippen LogP contribution in [0, 0.1) is 13.8 Å². The minimum atomic E-state index is -0.920. The molecule has 164 valence electrons. The fraction of sp³-hybridized carbons (Fsp3) is 0.280. The van der Waals surface area contributed by atoms with Crippen molar-refractivity contribution in [3.8, 4) is 0 Å². The molecule has 7 heteroatoms. The first-order valence-electron chi connectivity index (χ1n) is 10.6. The Morgan fingerprint density at radius 3 is 2.50 bits per heavy atom. The molecule has 1 atom stereocenters. The van der Waals surface area contributed by atoms with Crippen LogP contribution in [0.4, 0.5) is 0 Å². The summed E-state index contributed by atoms with van der Waals surface area (Å²) >= 11 is 6.58. The normalized spacial score (nSPS) is 15.8. The molecule has 0 aliphatic carbocycles. The number of aryl methyl sites for hydroxylation is 2. The Labute approximate surface area is 191 Å². The van der Waals surface area contributed by atoms with Crippen LogP contribution in [0.3, 0.4) is 0 Å². The third kappa shape index (κ3) is 4.65. The maximum absolute atomic E-state index is 13.0. The van der Waals surface area contributed by atoms with Crippen LogP contribution in [0.2, 0.25) is 5.15 Å². The maximum atomic E-state index is 13.0. The third-order valence-electron chi connectivity index (χ3n) is 5.64. The lowest BCUT2D eigenvalue weighted by Crippen LogP contribution is -2.27. The number of benzene rings is 2. The van der Waals surface area contributed by atoms with Crippen molar-refractivity contribution in [3.63, 3.8) is 0 Å². The molecule has 0 spiro atoms. The van der Waals surface area contributed by atoms with Crippen molar-refractivity contribution in [1.29, 1.82) is 0 Å². The number of nitrogens with zero attached hydrogens (tertiary/aromatic N) is 3. The number of carboxylic acid groups (broad SMARTS) is 1. The van der Waals surface area contributed by atoms with E-state index in [1.165, 1.54) is 5.01 Å². The highest BCUT2D eigenvalue weighted by Gasteiger charge is 2.34. The number of hydrogen-bond donors (Lipinski definition) is 1. The molecule has 1 aliphatic heterocycles. The Bertz CT molecular complexity index is 1220. The van der Waals surface area contributed by atoms with E-state index in [9.17, 15) is 9.59 Å². The van der Waals surface area contributed by atoms with Gasteiger partial charge in [-0.05, 0) is 44.0 Å². The van der Waals surface area contributed by atoms with Crippen molar-refractivity contribution in [1.82, 2.24) is 9.99 Å². The van der Waals surface area contributed by atoms with Crippen LogP contribution >= 0.6 is 11.6 Å². The third-order valence-corrected chi connectivity index (χ3v) is 5.94. The van der Waals surface area contributed by atoms with Gasteiger partial charge in [-0.3, -0.25) is 9.59 Å². The van der Waals surface area contributed by atoms with Crippen LogP contribution in [0.15, 0.2) is 53.6 Å². The van der Waals surface area contributed by atoms with Crippen molar-refractivity contribution in [2.45, 2.75) is 45.6 Å². The standard InChI is InChI=1S/C25H24ClN3O3/c1-15-6-9-17(10-7-15)21-14-22(29(28-21)23(30)4-3-5-24(31)32)19-13-18-12-16(2)8-11-20(18)27-25(19)26/h6-13,22H,3-5,14H2,1-2H3,(H,31,32)/t22-/m0/s1. The number of hydrogen-bond acceptors (Lipinski definition) is 4. The summed E-state index contributed by atoms with van der Waals surface area (Å²) in [5.74, 6) is -1.14. The van der Waals surface area contributed by atoms with Gasteiger partial charge in [0.1, 0.15) is 5.15 Å². The monoisotopic (exact) mass is 449 g/mol. The lowest BCUT2D eigenvalue weighted by molar-refractivity contribution is -0.137. The van der Waals surface area contributed by atoms with Gasteiger partial charge in [0.15, 0.2) is 0 Å². The second kappa shape index (κ2) is 9.09. The summed E-state index contributed by atoms with van der Waals surface area (Å²) in [4.78, 5) is 28.5. The quantitative estimate of drug-likeness (QED) is 0.508. The molecular formula is C25H24ClN3O3. The predicted molar refractivity (Wildman–Crippen MR) is 125 cm³/mol. The Morgan fingerprint density at radius 2 is 1.78 bits per heavy atom. The number of carbonyl (C=O) groups is 2. The van der Waals surface area contributed by atoms with Crippen LogP contribution in [-0.2, 0) is 9.59 Å². The molecule has 2 heterocycles. The average molecular weight is 450 g/mol. The molecule has 1 aromatic heterocycles. The molecule has 32 heavy (non-hydrogen) atoms. The smallest absolute Gasteiger partial charge is 0.303 e. The number of carbonyl (C=O) groups excluding carboxylic acids is 1. The number of rotatable bonds is 6. The molecule has 4 rings (SSSR count). The van der Waals surface area contributed by atoms with Crippen LogP contribution in [-0.4, -0.2) is 32.7 Å². The van der Waals surface area contributed by atoms with Crippen LogP contribution < -0.4 is 0 Å². The zero-order valence-corrected chi connectivity index (χ0v) is 18.8. The molecule has 0 unspecified atom stereocenters. The minimum absolute atomic E-state index is 0.0592. The highest BCUT2D eigenvalue weighted by Crippen LogP contribution is 2.37. The second-order valence-corrected chi connectivity index (χ2v) is 8.54. The fourth-order valence-corrected chi connectivity index (χ4v) is 4.20. The Hall–Kier alpha value is -3.25. The number of carboxylic acids is 1. The number of aliphatic carboxylic acids is 1. The molecule has 1 aliphatic rings. The molecule has 0 fully saturated rings. The highest BCUT2D eigenvalue weighted by molar-refractivity contribution is 6.30. The number of amides is 1. The Kier molecular flexibility index (Phi) is 6.24. The minimum Gasteiger partial charge on any atom is -0.481 e. The van der Waals surface area contributed by atoms with E-state index in [2.05, 4.69) is 10.1 Å². The summed E-state index contributed by atoms with van der Waals surface area (Å²) in [6.07, 6.45) is 0.809. The first kappa shape index (κ1) is 22.0. The topological polar surface area (TPSA) is 82.9 Å². The van der Waals surface area contributed by atoms with Gasteiger partial charge in [-0.2, -0.15) is 5.10 Å². The van der Waals surface area contributed by atoms with Gasteiger partial charge in [0.05, 0.1) is 17.3 Å². The molecule has 1 amide bonds.